The lowest BCUT2D eigenvalue weighted by atomic mass is 10.0. The SMILES string of the molecule is COCCOc1ccc2c(n1)CCN(C(=O)c1ccccc1OC)C2. The molecule has 0 spiro atoms. The molecule has 1 amide bonds. The summed E-state index contributed by atoms with van der Waals surface area (Å²) < 4.78 is 15.8. The van der Waals surface area contributed by atoms with E-state index in [0.717, 1.165) is 11.3 Å². The minimum atomic E-state index is -0.0245. The summed E-state index contributed by atoms with van der Waals surface area (Å²) in [4.78, 5) is 19.2. The van der Waals surface area contributed by atoms with E-state index in [4.69, 9.17) is 14.2 Å². The number of hydrogen-bond donors (Lipinski definition) is 0. The molecule has 2 aromatic rings. The highest BCUT2D eigenvalue weighted by atomic mass is 16.5. The molecule has 0 fully saturated rings. The molecule has 0 saturated carbocycles. The Labute approximate surface area is 147 Å². The quantitative estimate of drug-likeness (QED) is 0.754. The van der Waals surface area contributed by atoms with E-state index in [1.807, 2.05) is 29.2 Å². The smallest absolute Gasteiger partial charge is 0.257 e. The largest absolute Gasteiger partial charge is 0.496 e. The molecular weight excluding hydrogens is 320 g/mol. The van der Waals surface area contributed by atoms with Crippen molar-refractivity contribution in [1.82, 2.24) is 9.88 Å². The summed E-state index contributed by atoms with van der Waals surface area (Å²) >= 11 is 0. The molecule has 6 heteroatoms. The number of amides is 1. The van der Waals surface area contributed by atoms with Gasteiger partial charge in [-0.05, 0) is 17.7 Å². The van der Waals surface area contributed by atoms with Crippen LogP contribution in [0, 0.1) is 0 Å². The van der Waals surface area contributed by atoms with E-state index in [1.165, 1.54) is 0 Å². The van der Waals surface area contributed by atoms with E-state index in [0.29, 0.717) is 49.9 Å². The molecule has 0 atom stereocenters. The van der Waals surface area contributed by atoms with Crippen LogP contribution in [0.3, 0.4) is 0 Å². The molecule has 0 radical (unpaired) electrons. The van der Waals surface area contributed by atoms with Gasteiger partial charge in [-0.15, -0.1) is 0 Å². The van der Waals surface area contributed by atoms with Crippen molar-refractivity contribution in [2.75, 3.05) is 34.0 Å². The Balaban J connectivity index is 1.71. The molecule has 6 nitrogen and oxygen atoms in total. The summed E-state index contributed by atoms with van der Waals surface area (Å²) in [6.07, 6.45) is 0.706. The number of methoxy groups -OCH3 is 2. The minimum absolute atomic E-state index is 0.0245. The topological polar surface area (TPSA) is 60.9 Å². The lowest BCUT2D eigenvalue weighted by molar-refractivity contribution is 0.0729. The van der Waals surface area contributed by atoms with Gasteiger partial charge in [0.25, 0.3) is 5.91 Å². The molecule has 0 unspecified atom stereocenters. The fourth-order valence-electron chi connectivity index (χ4n) is 2.87. The molecule has 2 heterocycles. The van der Waals surface area contributed by atoms with E-state index in [2.05, 4.69) is 4.98 Å². The molecule has 3 rings (SSSR count). The van der Waals surface area contributed by atoms with E-state index >= 15 is 0 Å². The minimum Gasteiger partial charge on any atom is -0.496 e. The number of benzene rings is 1. The average Bonchev–Trinajstić information content (AvgIpc) is 2.67. The van der Waals surface area contributed by atoms with Crippen LogP contribution in [0.25, 0.3) is 0 Å². The van der Waals surface area contributed by atoms with E-state index < -0.39 is 0 Å². The predicted molar refractivity (Wildman–Crippen MR) is 93.0 cm³/mol. The monoisotopic (exact) mass is 342 g/mol. The van der Waals surface area contributed by atoms with Crippen molar-refractivity contribution < 1.29 is 19.0 Å². The molecule has 25 heavy (non-hydrogen) atoms. The summed E-state index contributed by atoms with van der Waals surface area (Å²) in [5.74, 6) is 1.17. The second-order valence-electron chi connectivity index (χ2n) is 5.77. The Hall–Kier alpha value is -2.60. The van der Waals surface area contributed by atoms with Crippen LogP contribution in [0.2, 0.25) is 0 Å². The van der Waals surface area contributed by atoms with Gasteiger partial charge in [-0.2, -0.15) is 0 Å². The van der Waals surface area contributed by atoms with E-state index in [9.17, 15) is 4.79 Å². The molecule has 1 aliphatic rings. The zero-order valence-corrected chi connectivity index (χ0v) is 14.5. The molecule has 132 valence electrons. The number of para-hydroxylation sites is 1. The van der Waals surface area contributed by atoms with Crippen molar-refractivity contribution in [2.24, 2.45) is 0 Å². The van der Waals surface area contributed by atoms with Gasteiger partial charge >= 0.3 is 0 Å². The zero-order chi connectivity index (χ0) is 17.6. The van der Waals surface area contributed by atoms with Crippen molar-refractivity contribution in [1.29, 1.82) is 0 Å². The molecule has 1 aliphatic heterocycles. The summed E-state index contributed by atoms with van der Waals surface area (Å²) in [7, 11) is 3.21. The second-order valence-corrected chi connectivity index (χ2v) is 5.77. The molecule has 1 aromatic heterocycles. The zero-order valence-electron chi connectivity index (χ0n) is 14.5. The van der Waals surface area contributed by atoms with Gasteiger partial charge in [-0.25, -0.2) is 4.98 Å². The number of rotatable bonds is 6. The number of carbonyl (C=O) groups excluding carboxylic acids is 1. The maximum Gasteiger partial charge on any atom is 0.257 e. The van der Waals surface area contributed by atoms with Gasteiger partial charge < -0.3 is 19.1 Å². The van der Waals surface area contributed by atoms with Gasteiger partial charge in [-0.1, -0.05) is 18.2 Å². The van der Waals surface area contributed by atoms with Gasteiger partial charge in [0.15, 0.2) is 0 Å². The number of nitrogens with zero attached hydrogens (tertiary/aromatic N) is 2. The summed E-state index contributed by atoms with van der Waals surface area (Å²) in [6, 6.07) is 11.1. The highest BCUT2D eigenvalue weighted by molar-refractivity contribution is 5.97. The van der Waals surface area contributed by atoms with Crippen LogP contribution in [-0.4, -0.2) is 49.8 Å². The first kappa shape index (κ1) is 17.2. The van der Waals surface area contributed by atoms with Gasteiger partial charge in [0, 0.05) is 32.7 Å². The van der Waals surface area contributed by atoms with Crippen LogP contribution in [0.5, 0.6) is 11.6 Å². The maximum absolute atomic E-state index is 12.8. The summed E-state index contributed by atoms with van der Waals surface area (Å²) in [5, 5.41) is 0. The van der Waals surface area contributed by atoms with Crippen molar-refractivity contribution in [3.8, 4) is 11.6 Å². The Kier molecular flexibility index (Phi) is 5.50. The third-order valence-electron chi connectivity index (χ3n) is 4.18. The van der Waals surface area contributed by atoms with Gasteiger partial charge in [-0.3, -0.25) is 4.79 Å². The number of hydrogen-bond acceptors (Lipinski definition) is 5. The highest BCUT2D eigenvalue weighted by Crippen LogP contribution is 2.25. The Morgan fingerprint density at radius 2 is 2.00 bits per heavy atom. The number of ether oxygens (including phenoxy) is 3. The lowest BCUT2D eigenvalue weighted by Crippen LogP contribution is -2.36. The third-order valence-corrected chi connectivity index (χ3v) is 4.18. The lowest BCUT2D eigenvalue weighted by Gasteiger charge is -2.29. The maximum atomic E-state index is 12.8. The third kappa shape index (κ3) is 3.91. The first-order chi connectivity index (χ1) is 12.2. The number of pyridine rings is 1. The van der Waals surface area contributed by atoms with Gasteiger partial charge in [0.05, 0.1) is 25.0 Å². The van der Waals surface area contributed by atoms with Crippen molar-refractivity contribution >= 4 is 5.91 Å². The van der Waals surface area contributed by atoms with Gasteiger partial charge in [0.2, 0.25) is 5.88 Å². The number of fused-ring (bicyclic) bond motifs is 1. The van der Waals surface area contributed by atoms with Crippen molar-refractivity contribution in [3.63, 3.8) is 0 Å². The molecule has 0 bridgehead atoms. The summed E-state index contributed by atoms with van der Waals surface area (Å²) in [5.41, 5.74) is 2.62. The van der Waals surface area contributed by atoms with Crippen molar-refractivity contribution in [2.45, 2.75) is 13.0 Å². The van der Waals surface area contributed by atoms with Crippen LogP contribution in [0.4, 0.5) is 0 Å². The number of carbonyl (C=O) groups is 1. The normalized spacial score (nSPS) is 13.3. The summed E-state index contributed by atoms with van der Waals surface area (Å²) in [6.45, 7) is 2.16. The number of aromatic nitrogens is 1. The molecule has 1 aromatic carbocycles. The van der Waals surface area contributed by atoms with Crippen LogP contribution < -0.4 is 9.47 Å². The standard InChI is InChI=1S/C19H22N2O4/c1-23-11-12-25-18-8-7-14-13-21(10-9-16(14)20-18)19(22)15-5-3-4-6-17(15)24-2/h3-8H,9-13H2,1-2H3. The van der Waals surface area contributed by atoms with Crippen molar-refractivity contribution in [3.05, 3.63) is 53.2 Å². The van der Waals surface area contributed by atoms with E-state index in [1.54, 1.807) is 26.4 Å². The Morgan fingerprint density at radius 1 is 1.16 bits per heavy atom. The molecule has 0 N–H and O–H groups in total. The average molecular weight is 342 g/mol. The predicted octanol–water partition coefficient (Wildman–Crippen LogP) is 2.31. The van der Waals surface area contributed by atoms with Crippen LogP contribution in [-0.2, 0) is 17.7 Å². The molecular formula is C19H22N2O4. The van der Waals surface area contributed by atoms with Gasteiger partial charge in [0.1, 0.15) is 12.4 Å². The fourth-order valence-corrected chi connectivity index (χ4v) is 2.87. The first-order valence-electron chi connectivity index (χ1n) is 8.25. The molecule has 0 aliphatic carbocycles. The fraction of sp³-hybridized carbons (Fsp3) is 0.368. The van der Waals surface area contributed by atoms with E-state index in [-0.39, 0.29) is 5.91 Å². The van der Waals surface area contributed by atoms with Crippen LogP contribution in [0.1, 0.15) is 21.6 Å². The van der Waals surface area contributed by atoms with Crippen LogP contribution >= 0.6 is 0 Å². The Bertz CT molecular complexity index is 748. The molecule has 0 saturated heterocycles. The van der Waals surface area contributed by atoms with Crippen LogP contribution in [0.15, 0.2) is 36.4 Å². The first-order valence-corrected chi connectivity index (χ1v) is 8.25. The Morgan fingerprint density at radius 3 is 2.80 bits per heavy atom. The second kappa shape index (κ2) is 7.98. The highest BCUT2D eigenvalue weighted by Gasteiger charge is 2.24.